The average molecular weight is 281 g/mol. The number of aryl methyl sites for hydroxylation is 1. The molecule has 1 aromatic heterocycles. The molecule has 2 aromatic carbocycles. The van der Waals surface area contributed by atoms with Crippen LogP contribution in [0.3, 0.4) is 0 Å². The van der Waals surface area contributed by atoms with Gasteiger partial charge < -0.3 is 5.32 Å². The minimum atomic E-state index is 0.382. The lowest BCUT2D eigenvalue weighted by molar-refractivity contribution is 0.593. The van der Waals surface area contributed by atoms with Gasteiger partial charge in [-0.2, -0.15) is 11.3 Å². The van der Waals surface area contributed by atoms with Crippen LogP contribution in [0.15, 0.2) is 53.2 Å². The van der Waals surface area contributed by atoms with E-state index in [9.17, 15) is 0 Å². The molecule has 0 amide bonds. The largest absolute Gasteiger partial charge is 0.313 e. The topological polar surface area (TPSA) is 12.0 Å². The van der Waals surface area contributed by atoms with Gasteiger partial charge in [-0.25, -0.2) is 0 Å². The molecule has 0 aliphatic heterocycles. The summed E-state index contributed by atoms with van der Waals surface area (Å²) in [7, 11) is 2.05. The van der Waals surface area contributed by atoms with Crippen LogP contribution in [0.25, 0.3) is 10.8 Å². The fourth-order valence-corrected chi connectivity index (χ4v) is 3.69. The average Bonchev–Trinajstić information content (AvgIpc) is 2.91. The van der Waals surface area contributed by atoms with Gasteiger partial charge in [-0.15, -0.1) is 0 Å². The van der Waals surface area contributed by atoms with E-state index in [1.165, 1.54) is 27.5 Å². The maximum atomic E-state index is 3.47. The monoisotopic (exact) mass is 281 g/mol. The predicted molar refractivity (Wildman–Crippen MR) is 88.5 cm³/mol. The number of likely N-dealkylation sites (N-methyl/N-ethyl adjacent to an activating group) is 1. The maximum Gasteiger partial charge on any atom is 0.0369 e. The Morgan fingerprint density at radius 3 is 2.60 bits per heavy atom. The lowest BCUT2D eigenvalue weighted by Gasteiger charge is -2.18. The molecule has 1 atom stereocenters. The molecule has 0 aliphatic rings. The first kappa shape index (κ1) is 13.3. The number of hydrogen-bond donors (Lipinski definition) is 1. The minimum Gasteiger partial charge on any atom is -0.313 e. The van der Waals surface area contributed by atoms with Crippen LogP contribution >= 0.6 is 11.3 Å². The van der Waals surface area contributed by atoms with Crippen LogP contribution in [-0.4, -0.2) is 7.05 Å². The maximum absolute atomic E-state index is 3.47. The van der Waals surface area contributed by atoms with Crippen molar-refractivity contribution in [3.63, 3.8) is 0 Å². The lowest BCUT2D eigenvalue weighted by Crippen LogP contribution is -2.19. The third-order valence-corrected chi connectivity index (χ3v) is 4.80. The van der Waals surface area contributed by atoms with Crippen molar-refractivity contribution in [2.75, 3.05) is 7.05 Å². The SMILES string of the molecule is CNC(Cc1cccc2ccccc12)c1cscc1C. The summed E-state index contributed by atoms with van der Waals surface area (Å²) in [4.78, 5) is 0. The van der Waals surface area contributed by atoms with Gasteiger partial charge in [0.05, 0.1) is 0 Å². The third kappa shape index (κ3) is 2.49. The van der Waals surface area contributed by atoms with Gasteiger partial charge in [0.1, 0.15) is 0 Å². The van der Waals surface area contributed by atoms with Crippen molar-refractivity contribution >= 4 is 22.1 Å². The predicted octanol–water partition coefficient (Wildman–Crippen LogP) is 4.71. The molecule has 20 heavy (non-hydrogen) atoms. The molecule has 0 bridgehead atoms. The van der Waals surface area contributed by atoms with E-state index in [2.05, 4.69) is 65.5 Å². The number of nitrogens with one attached hydrogen (secondary N) is 1. The molecule has 1 nitrogen and oxygen atoms in total. The van der Waals surface area contributed by atoms with Gasteiger partial charge in [0.2, 0.25) is 0 Å². The Balaban J connectivity index is 1.98. The van der Waals surface area contributed by atoms with Gasteiger partial charge in [0.15, 0.2) is 0 Å². The Morgan fingerprint density at radius 2 is 1.85 bits per heavy atom. The van der Waals surface area contributed by atoms with Crippen LogP contribution in [-0.2, 0) is 6.42 Å². The Bertz CT molecular complexity index is 709. The summed E-state index contributed by atoms with van der Waals surface area (Å²) >= 11 is 1.78. The van der Waals surface area contributed by atoms with Crippen molar-refractivity contribution in [1.29, 1.82) is 0 Å². The standard InChI is InChI=1S/C18H19NS/c1-13-11-20-12-17(13)18(19-2)10-15-8-5-7-14-6-3-4-9-16(14)15/h3-9,11-12,18-19H,10H2,1-2H3. The third-order valence-electron chi connectivity index (χ3n) is 3.92. The molecule has 0 saturated carbocycles. The van der Waals surface area contributed by atoms with Gasteiger partial charge >= 0.3 is 0 Å². The van der Waals surface area contributed by atoms with E-state index >= 15 is 0 Å². The summed E-state index contributed by atoms with van der Waals surface area (Å²) in [6.07, 6.45) is 1.02. The van der Waals surface area contributed by atoms with Crippen LogP contribution in [0.1, 0.15) is 22.7 Å². The van der Waals surface area contributed by atoms with Crippen molar-refractivity contribution < 1.29 is 0 Å². The first-order valence-corrected chi connectivity index (χ1v) is 7.90. The van der Waals surface area contributed by atoms with Crippen LogP contribution in [0.2, 0.25) is 0 Å². The van der Waals surface area contributed by atoms with Crippen LogP contribution < -0.4 is 5.32 Å². The lowest BCUT2D eigenvalue weighted by atomic mass is 9.95. The molecule has 0 fully saturated rings. The molecule has 3 rings (SSSR count). The quantitative estimate of drug-likeness (QED) is 0.730. The normalized spacial score (nSPS) is 12.7. The molecule has 0 spiro atoms. The smallest absolute Gasteiger partial charge is 0.0369 e. The highest BCUT2D eigenvalue weighted by Crippen LogP contribution is 2.27. The Kier molecular flexibility index (Phi) is 3.86. The first-order chi connectivity index (χ1) is 9.79. The van der Waals surface area contributed by atoms with Gasteiger partial charge in [-0.1, -0.05) is 42.5 Å². The van der Waals surface area contributed by atoms with Gasteiger partial charge in [0, 0.05) is 6.04 Å². The van der Waals surface area contributed by atoms with Gasteiger partial charge in [-0.3, -0.25) is 0 Å². The van der Waals surface area contributed by atoms with Gasteiger partial charge in [0.25, 0.3) is 0 Å². The molecule has 3 aromatic rings. The molecule has 0 aliphatic carbocycles. The zero-order valence-electron chi connectivity index (χ0n) is 11.9. The number of rotatable bonds is 4. The molecular formula is C18H19NS. The Hall–Kier alpha value is -1.64. The van der Waals surface area contributed by atoms with Crippen LogP contribution in [0, 0.1) is 6.92 Å². The van der Waals surface area contributed by atoms with Crippen LogP contribution in [0.4, 0.5) is 0 Å². The highest BCUT2D eigenvalue weighted by molar-refractivity contribution is 7.08. The summed E-state index contributed by atoms with van der Waals surface area (Å²) in [5, 5.41) is 10.6. The second-order valence-corrected chi connectivity index (χ2v) is 5.94. The van der Waals surface area contributed by atoms with Crippen molar-refractivity contribution in [1.82, 2.24) is 5.32 Å². The van der Waals surface area contributed by atoms with Crippen molar-refractivity contribution in [2.45, 2.75) is 19.4 Å². The summed E-state index contributed by atoms with van der Waals surface area (Å²) in [6.45, 7) is 2.19. The highest BCUT2D eigenvalue weighted by atomic mass is 32.1. The number of fused-ring (bicyclic) bond motifs is 1. The molecule has 1 N–H and O–H groups in total. The zero-order valence-corrected chi connectivity index (χ0v) is 12.7. The highest BCUT2D eigenvalue weighted by Gasteiger charge is 2.14. The molecule has 1 heterocycles. The fourth-order valence-electron chi connectivity index (χ4n) is 2.79. The van der Waals surface area contributed by atoms with E-state index in [0.717, 1.165) is 6.42 Å². The summed E-state index contributed by atoms with van der Waals surface area (Å²) in [5.74, 6) is 0. The first-order valence-electron chi connectivity index (χ1n) is 6.96. The molecule has 2 heteroatoms. The van der Waals surface area contributed by atoms with E-state index in [-0.39, 0.29) is 0 Å². The van der Waals surface area contributed by atoms with E-state index in [4.69, 9.17) is 0 Å². The van der Waals surface area contributed by atoms with E-state index in [1.807, 2.05) is 7.05 Å². The van der Waals surface area contributed by atoms with Crippen molar-refractivity contribution in [3.05, 3.63) is 69.9 Å². The van der Waals surface area contributed by atoms with Crippen molar-refractivity contribution in [3.8, 4) is 0 Å². The summed E-state index contributed by atoms with van der Waals surface area (Å²) in [6, 6.07) is 15.6. The van der Waals surface area contributed by atoms with E-state index in [1.54, 1.807) is 11.3 Å². The fraction of sp³-hybridized carbons (Fsp3) is 0.222. The Labute approximate surface area is 124 Å². The minimum absolute atomic E-state index is 0.382. The number of hydrogen-bond acceptors (Lipinski definition) is 2. The van der Waals surface area contributed by atoms with Gasteiger partial charge in [-0.05, 0) is 58.6 Å². The molecule has 0 saturated heterocycles. The van der Waals surface area contributed by atoms with Crippen LogP contribution in [0.5, 0.6) is 0 Å². The van der Waals surface area contributed by atoms with E-state index < -0.39 is 0 Å². The summed E-state index contributed by atoms with van der Waals surface area (Å²) < 4.78 is 0. The molecular weight excluding hydrogens is 262 g/mol. The molecule has 0 radical (unpaired) electrons. The summed E-state index contributed by atoms with van der Waals surface area (Å²) in [5.41, 5.74) is 4.22. The molecule has 1 unspecified atom stereocenters. The van der Waals surface area contributed by atoms with E-state index in [0.29, 0.717) is 6.04 Å². The number of benzene rings is 2. The Morgan fingerprint density at radius 1 is 1.05 bits per heavy atom. The van der Waals surface area contributed by atoms with Crippen molar-refractivity contribution in [2.24, 2.45) is 0 Å². The molecule has 102 valence electrons. The zero-order chi connectivity index (χ0) is 13.9. The second kappa shape index (κ2) is 5.78. The second-order valence-electron chi connectivity index (χ2n) is 5.19. The number of thiophene rings is 1.